The zero-order valence-corrected chi connectivity index (χ0v) is 14.4. The second-order valence-electron chi connectivity index (χ2n) is 5.62. The number of carboxylic acid groups (broad SMARTS) is 2. The number of fused-ring (bicyclic) bond motifs is 1. The van der Waals surface area contributed by atoms with Gasteiger partial charge in [0.05, 0.1) is 0 Å². The second kappa shape index (κ2) is 13.8. The van der Waals surface area contributed by atoms with Crippen molar-refractivity contribution >= 4 is 11.9 Å². The normalized spacial score (nSPS) is 11.4. The van der Waals surface area contributed by atoms with Crippen molar-refractivity contribution in [3.63, 3.8) is 0 Å². The van der Waals surface area contributed by atoms with Crippen molar-refractivity contribution < 1.29 is 19.8 Å². The predicted octanol–water partition coefficient (Wildman–Crippen LogP) is 4.70. The first-order valence-corrected chi connectivity index (χ1v) is 8.51. The molecule has 4 heteroatoms. The van der Waals surface area contributed by atoms with E-state index in [-0.39, 0.29) is 0 Å². The molecular weight excluding hydrogens is 292 g/mol. The summed E-state index contributed by atoms with van der Waals surface area (Å²) in [4.78, 5) is 19.5. The van der Waals surface area contributed by atoms with Crippen LogP contribution in [0.25, 0.3) is 0 Å². The van der Waals surface area contributed by atoms with Gasteiger partial charge in [0.1, 0.15) is 0 Å². The van der Waals surface area contributed by atoms with E-state index in [9.17, 15) is 9.59 Å². The van der Waals surface area contributed by atoms with Crippen LogP contribution in [0.15, 0.2) is 24.3 Å². The fraction of sp³-hybridized carbons (Fsp3) is 0.579. The van der Waals surface area contributed by atoms with Crippen LogP contribution in [-0.4, -0.2) is 22.2 Å². The Hall–Kier alpha value is -1.84. The molecule has 2 N–H and O–H groups in total. The third kappa shape index (κ3) is 12.4. The van der Waals surface area contributed by atoms with Crippen LogP contribution in [0.1, 0.15) is 69.9 Å². The van der Waals surface area contributed by atoms with Gasteiger partial charge in [-0.15, -0.1) is 0 Å². The lowest BCUT2D eigenvalue weighted by Gasteiger charge is -1.93. The zero-order valence-electron chi connectivity index (χ0n) is 14.4. The number of benzene rings is 1. The summed E-state index contributed by atoms with van der Waals surface area (Å²) >= 11 is 0. The lowest BCUT2D eigenvalue weighted by molar-refractivity contribution is -0.138. The van der Waals surface area contributed by atoms with E-state index >= 15 is 0 Å². The Labute approximate surface area is 139 Å². The van der Waals surface area contributed by atoms with E-state index in [1.165, 1.54) is 19.3 Å². The van der Waals surface area contributed by atoms with Crippen molar-refractivity contribution in [1.82, 2.24) is 0 Å². The molecule has 1 aromatic rings. The molecule has 1 aliphatic carbocycles. The topological polar surface area (TPSA) is 74.6 Å². The van der Waals surface area contributed by atoms with Gasteiger partial charge in [-0.3, -0.25) is 9.59 Å². The summed E-state index contributed by atoms with van der Waals surface area (Å²) < 4.78 is 0. The van der Waals surface area contributed by atoms with E-state index in [2.05, 4.69) is 24.3 Å². The summed E-state index contributed by atoms with van der Waals surface area (Å²) in [5.74, 6) is -1.39. The van der Waals surface area contributed by atoms with Crippen LogP contribution in [0.2, 0.25) is 0 Å². The number of rotatable bonds is 6. The van der Waals surface area contributed by atoms with Gasteiger partial charge in [-0.2, -0.15) is 0 Å². The Morgan fingerprint density at radius 1 is 0.870 bits per heavy atom. The largest absolute Gasteiger partial charge is 0.481 e. The molecule has 0 unspecified atom stereocenters. The molecule has 4 nitrogen and oxygen atoms in total. The first kappa shape index (κ1) is 21.2. The highest BCUT2D eigenvalue weighted by Gasteiger charge is 2.07. The average molecular weight is 322 g/mol. The molecule has 0 amide bonds. The number of hydrogen-bond donors (Lipinski definition) is 2. The number of carboxylic acids is 2. The van der Waals surface area contributed by atoms with Gasteiger partial charge in [0, 0.05) is 12.8 Å². The van der Waals surface area contributed by atoms with Gasteiger partial charge in [0.25, 0.3) is 0 Å². The maximum absolute atomic E-state index is 9.76. The molecule has 0 bridgehead atoms. The van der Waals surface area contributed by atoms with Gasteiger partial charge < -0.3 is 10.2 Å². The summed E-state index contributed by atoms with van der Waals surface area (Å²) in [7, 11) is 0. The van der Waals surface area contributed by atoms with Crippen LogP contribution in [0.3, 0.4) is 0 Å². The molecule has 0 spiro atoms. The molecule has 0 aromatic heterocycles. The summed E-state index contributed by atoms with van der Waals surface area (Å²) in [5.41, 5.74) is 3.13. The van der Waals surface area contributed by atoms with Crippen LogP contribution in [0.4, 0.5) is 0 Å². The molecule has 0 fully saturated rings. The van der Waals surface area contributed by atoms with E-state index in [0.717, 1.165) is 25.7 Å². The third-order valence-corrected chi connectivity index (χ3v) is 3.50. The Balaban J connectivity index is 0.000000322. The van der Waals surface area contributed by atoms with Crippen molar-refractivity contribution in [1.29, 1.82) is 0 Å². The fourth-order valence-corrected chi connectivity index (χ4v) is 2.17. The highest BCUT2D eigenvalue weighted by atomic mass is 16.4. The van der Waals surface area contributed by atoms with E-state index in [4.69, 9.17) is 10.2 Å². The average Bonchev–Trinajstić information content (AvgIpc) is 3.00. The Bertz CT molecular complexity index is 413. The molecule has 1 aromatic carbocycles. The van der Waals surface area contributed by atoms with Crippen molar-refractivity contribution in [2.24, 2.45) is 0 Å². The van der Waals surface area contributed by atoms with Crippen LogP contribution in [0.5, 0.6) is 0 Å². The van der Waals surface area contributed by atoms with Gasteiger partial charge in [0.2, 0.25) is 0 Å². The molecule has 2 rings (SSSR count). The number of aliphatic carboxylic acids is 2. The molecule has 0 saturated carbocycles. The van der Waals surface area contributed by atoms with Gasteiger partial charge in [0.15, 0.2) is 0 Å². The van der Waals surface area contributed by atoms with Gasteiger partial charge in [-0.05, 0) is 43.2 Å². The predicted molar refractivity (Wildman–Crippen MR) is 92.8 cm³/mol. The lowest BCUT2D eigenvalue weighted by atomic mass is 10.1. The molecule has 0 aliphatic heterocycles. The molecule has 130 valence electrons. The van der Waals surface area contributed by atoms with Crippen molar-refractivity contribution in [2.45, 2.75) is 71.6 Å². The van der Waals surface area contributed by atoms with E-state index in [1.807, 2.05) is 13.8 Å². The minimum atomic E-state index is -0.693. The molecule has 0 radical (unpaired) electrons. The van der Waals surface area contributed by atoms with Crippen LogP contribution < -0.4 is 0 Å². The highest BCUT2D eigenvalue weighted by molar-refractivity contribution is 5.66. The Kier molecular flexibility index (Phi) is 12.7. The van der Waals surface area contributed by atoms with Crippen molar-refractivity contribution in [3.8, 4) is 0 Å². The van der Waals surface area contributed by atoms with E-state index in [1.54, 1.807) is 11.1 Å². The zero-order chi connectivity index (χ0) is 17.5. The quantitative estimate of drug-likeness (QED) is 0.796. The molecular formula is C19H30O4. The summed E-state index contributed by atoms with van der Waals surface area (Å²) in [5, 5.41) is 16.1. The Morgan fingerprint density at radius 3 is 1.52 bits per heavy atom. The number of aryl methyl sites for hydroxylation is 2. The lowest BCUT2D eigenvalue weighted by Crippen LogP contribution is -1.91. The van der Waals surface area contributed by atoms with Gasteiger partial charge in [-0.25, -0.2) is 0 Å². The van der Waals surface area contributed by atoms with Gasteiger partial charge in [-0.1, -0.05) is 51.0 Å². The summed E-state index contributed by atoms with van der Waals surface area (Å²) in [6.07, 6.45) is 8.13. The minimum absolute atomic E-state index is 0.316. The Morgan fingerprint density at radius 2 is 1.26 bits per heavy atom. The number of carbonyl (C=O) groups is 2. The number of unbranched alkanes of at least 4 members (excludes halogenated alkanes) is 2. The first-order chi connectivity index (χ1) is 11.0. The molecule has 23 heavy (non-hydrogen) atoms. The molecule has 0 saturated heterocycles. The second-order valence-corrected chi connectivity index (χ2v) is 5.62. The maximum Gasteiger partial charge on any atom is 0.303 e. The van der Waals surface area contributed by atoms with Gasteiger partial charge >= 0.3 is 11.9 Å². The maximum atomic E-state index is 9.76. The molecule has 0 heterocycles. The van der Waals surface area contributed by atoms with Crippen LogP contribution in [-0.2, 0) is 22.4 Å². The minimum Gasteiger partial charge on any atom is -0.481 e. The van der Waals surface area contributed by atoms with Crippen molar-refractivity contribution in [2.75, 3.05) is 0 Å². The van der Waals surface area contributed by atoms with E-state index < -0.39 is 11.9 Å². The summed E-state index contributed by atoms with van der Waals surface area (Å²) in [6, 6.07) is 8.74. The highest BCUT2D eigenvalue weighted by Crippen LogP contribution is 2.20. The smallest absolute Gasteiger partial charge is 0.303 e. The first-order valence-electron chi connectivity index (χ1n) is 8.51. The SMILES string of the molecule is CCCCC(=O)O.CCCCC(=O)O.c1ccc2c(c1)CCC2. The molecule has 0 atom stereocenters. The molecule has 1 aliphatic rings. The monoisotopic (exact) mass is 322 g/mol. The number of hydrogen-bond acceptors (Lipinski definition) is 2. The fourth-order valence-electron chi connectivity index (χ4n) is 2.17. The van der Waals surface area contributed by atoms with Crippen LogP contribution in [0, 0.1) is 0 Å². The van der Waals surface area contributed by atoms with Crippen molar-refractivity contribution in [3.05, 3.63) is 35.4 Å². The summed E-state index contributed by atoms with van der Waals surface area (Å²) in [6.45, 7) is 3.95. The standard InChI is InChI=1S/C9H10.2C5H10O2/c1-2-5-9-7-3-6-8(9)4-1;2*1-2-3-4-5(6)7/h1-2,4-5H,3,6-7H2;2*2-4H2,1H3,(H,6,7). The third-order valence-electron chi connectivity index (χ3n) is 3.50. The van der Waals surface area contributed by atoms with Crippen LogP contribution >= 0.6 is 0 Å². The van der Waals surface area contributed by atoms with E-state index in [0.29, 0.717) is 12.8 Å².